The van der Waals surface area contributed by atoms with Crippen LogP contribution >= 0.6 is 0 Å². The molecule has 0 spiro atoms. The zero-order valence-electron chi connectivity index (χ0n) is 6.79. The van der Waals surface area contributed by atoms with E-state index in [0.29, 0.717) is 6.42 Å². The number of carbonyl (C=O) groups excluding carboxylic acids is 1. The second-order valence-electron chi connectivity index (χ2n) is 2.76. The highest BCUT2D eigenvalue weighted by Crippen LogP contribution is 1.98. The Balaban J connectivity index is 2.14. The maximum absolute atomic E-state index is 10.1. The first-order valence-electron chi connectivity index (χ1n) is 4.17. The minimum atomic E-state index is 0.653. The van der Waals surface area contributed by atoms with Gasteiger partial charge in [0.05, 0.1) is 6.61 Å². The van der Waals surface area contributed by atoms with Gasteiger partial charge in [-0.2, -0.15) is 0 Å². The maximum atomic E-state index is 10.1. The molecule has 0 unspecified atom stereocenters. The predicted molar refractivity (Wildman–Crippen MR) is 42.6 cm³/mol. The summed E-state index contributed by atoms with van der Waals surface area (Å²) in [5.74, 6) is 0. The Bertz CT molecular complexity index is 109. The molecule has 0 radical (unpaired) electrons. The van der Waals surface area contributed by atoms with Gasteiger partial charge in [0.15, 0.2) is 0 Å². The average Bonchev–Trinajstić information content (AvgIpc) is 2.28. The first-order valence-corrected chi connectivity index (χ1v) is 4.17. The third kappa shape index (κ3) is 3.49. The topological polar surface area (TPSA) is 29.5 Å². The van der Waals surface area contributed by atoms with Gasteiger partial charge in [0, 0.05) is 32.7 Å². The molecule has 3 heteroatoms. The lowest BCUT2D eigenvalue weighted by Crippen LogP contribution is -2.27. The first-order chi connectivity index (χ1) is 5.43. The van der Waals surface area contributed by atoms with Gasteiger partial charge in [-0.15, -0.1) is 0 Å². The molecule has 0 aromatic heterocycles. The molecule has 0 aliphatic carbocycles. The van der Waals surface area contributed by atoms with Crippen LogP contribution in [-0.2, 0) is 9.53 Å². The van der Waals surface area contributed by atoms with Gasteiger partial charge >= 0.3 is 0 Å². The van der Waals surface area contributed by atoms with E-state index in [1.807, 2.05) is 0 Å². The van der Waals surface area contributed by atoms with Crippen LogP contribution in [0, 0.1) is 0 Å². The third-order valence-corrected chi connectivity index (χ3v) is 1.88. The van der Waals surface area contributed by atoms with Gasteiger partial charge in [0.2, 0.25) is 0 Å². The number of aldehydes is 1. The van der Waals surface area contributed by atoms with Crippen molar-refractivity contribution in [2.24, 2.45) is 0 Å². The standard InChI is InChI=1S/C8H15NO2/c10-6-1-3-9-4-2-7-11-8-5-9/h6H,1-5,7-8H2. The second-order valence-corrected chi connectivity index (χ2v) is 2.76. The van der Waals surface area contributed by atoms with Gasteiger partial charge in [-0.05, 0) is 6.42 Å². The number of nitrogens with zero attached hydrogens (tertiary/aromatic N) is 1. The summed E-state index contributed by atoms with van der Waals surface area (Å²) in [6.07, 6.45) is 2.73. The molecule has 0 N–H and O–H groups in total. The fourth-order valence-corrected chi connectivity index (χ4v) is 1.26. The highest BCUT2D eigenvalue weighted by atomic mass is 16.5. The van der Waals surface area contributed by atoms with Gasteiger partial charge in [-0.3, -0.25) is 0 Å². The minimum absolute atomic E-state index is 0.653. The van der Waals surface area contributed by atoms with Crippen LogP contribution in [0.2, 0.25) is 0 Å². The van der Waals surface area contributed by atoms with E-state index >= 15 is 0 Å². The largest absolute Gasteiger partial charge is 0.380 e. The quantitative estimate of drug-likeness (QED) is 0.552. The molecule has 0 bridgehead atoms. The molecule has 3 nitrogen and oxygen atoms in total. The fourth-order valence-electron chi connectivity index (χ4n) is 1.26. The molecular formula is C8H15NO2. The monoisotopic (exact) mass is 157 g/mol. The lowest BCUT2D eigenvalue weighted by atomic mass is 10.3. The molecule has 0 atom stereocenters. The van der Waals surface area contributed by atoms with Gasteiger partial charge < -0.3 is 14.4 Å². The van der Waals surface area contributed by atoms with Crippen LogP contribution in [-0.4, -0.2) is 44.0 Å². The van der Waals surface area contributed by atoms with E-state index < -0.39 is 0 Å². The molecule has 0 aromatic rings. The Morgan fingerprint density at radius 3 is 3.09 bits per heavy atom. The number of rotatable bonds is 3. The van der Waals surface area contributed by atoms with Crippen molar-refractivity contribution < 1.29 is 9.53 Å². The second kappa shape index (κ2) is 5.27. The lowest BCUT2D eigenvalue weighted by Gasteiger charge is -2.16. The highest BCUT2D eigenvalue weighted by molar-refractivity contribution is 5.49. The normalized spacial score (nSPS) is 21.1. The summed E-state index contributed by atoms with van der Waals surface area (Å²) in [6, 6.07) is 0. The fraction of sp³-hybridized carbons (Fsp3) is 0.875. The molecule has 1 saturated heterocycles. The van der Waals surface area contributed by atoms with Gasteiger partial charge in [0.25, 0.3) is 0 Å². The molecule has 11 heavy (non-hydrogen) atoms. The summed E-state index contributed by atoms with van der Waals surface area (Å²) < 4.78 is 5.27. The molecule has 1 heterocycles. The molecule has 1 aliphatic heterocycles. The summed E-state index contributed by atoms with van der Waals surface area (Å²) in [4.78, 5) is 12.4. The highest BCUT2D eigenvalue weighted by Gasteiger charge is 2.07. The van der Waals surface area contributed by atoms with E-state index in [1.165, 1.54) is 0 Å². The van der Waals surface area contributed by atoms with Crippen LogP contribution in [0.4, 0.5) is 0 Å². The summed E-state index contributed by atoms with van der Waals surface area (Å²) >= 11 is 0. The number of ether oxygens (including phenoxy) is 1. The molecule has 1 fully saturated rings. The van der Waals surface area contributed by atoms with Crippen molar-refractivity contribution in [3.63, 3.8) is 0 Å². The molecule has 64 valence electrons. The minimum Gasteiger partial charge on any atom is -0.380 e. The average molecular weight is 157 g/mol. The summed E-state index contributed by atoms with van der Waals surface area (Å²) in [6.45, 7) is 4.64. The van der Waals surface area contributed by atoms with Crippen LogP contribution in [0.3, 0.4) is 0 Å². The van der Waals surface area contributed by atoms with Crippen LogP contribution in [0.5, 0.6) is 0 Å². The molecule has 0 saturated carbocycles. The van der Waals surface area contributed by atoms with Crippen LogP contribution in [0.1, 0.15) is 12.8 Å². The van der Waals surface area contributed by atoms with Crippen LogP contribution in [0.25, 0.3) is 0 Å². The number of hydrogen-bond acceptors (Lipinski definition) is 3. The Morgan fingerprint density at radius 1 is 1.36 bits per heavy atom. The molecule has 1 rings (SSSR count). The Morgan fingerprint density at radius 2 is 2.27 bits per heavy atom. The van der Waals surface area contributed by atoms with Gasteiger partial charge in [0.1, 0.15) is 6.29 Å². The van der Waals surface area contributed by atoms with Gasteiger partial charge in [-0.1, -0.05) is 0 Å². The molecule has 1 aliphatic rings. The molecule has 0 amide bonds. The maximum Gasteiger partial charge on any atom is 0.121 e. The van der Waals surface area contributed by atoms with Crippen molar-refractivity contribution in [2.45, 2.75) is 12.8 Å². The van der Waals surface area contributed by atoms with Crippen molar-refractivity contribution in [3.05, 3.63) is 0 Å². The first kappa shape index (κ1) is 8.68. The summed E-state index contributed by atoms with van der Waals surface area (Å²) in [5.41, 5.74) is 0. The smallest absolute Gasteiger partial charge is 0.121 e. The third-order valence-electron chi connectivity index (χ3n) is 1.88. The van der Waals surface area contributed by atoms with E-state index in [2.05, 4.69) is 4.90 Å². The van der Waals surface area contributed by atoms with E-state index in [9.17, 15) is 4.79 Å². The SMILES string of the molecule is O=CCCN1CCCOCC1. The zero-order valence-corrected chi connectivity index (χ0v) is 6.79. The Hall–Kier alpha value is -0.410. The molecule has 0 aromatic carbocycles. The summed E-state index contributed by atoms with van der Waals surface area (Å²) in [5, 5.41) is 0. The Kier molecular flexibility index (Phi) is 4.16. The van der Waals surface area contributed by atoms with Crippen LogP contribution < -0.4 is 0 Å². The molecular weight excluding hydrogens is 142 g/mol. The predicted octanol–water partition coefficient (Wildman–Crippen LogP) is 0.298. The van der Waals surface area contributed by atoms with E-state index in [4.69, 9.17) is 4.74 Å². The van der Waals surface area contributed by atoms with E-state index in [1.54, 1.807) is 0 Å². The van der Waals surface area contributed by atoms with E-state index in [0.717, 1.165) is 45.6 Å². The summed E-state index contributed by atoms with van der Waals surface area (Å²) in [7, 11) is 0. The number of hydrogen-bond donors (Lipinski definition) is 0. The van der Waals surface area contributed by atoms with Crippen molar-refractivity contribution in [2.75, 3.05) is 32.8 Å². The van der Waals surface area contributed by atoms with Crippen LogP contribution in [0.15, 0.2) is 0 Å². The van der Waals surface area contributed by atoms with E-state index in [-0.39, 0.29) is 0 Å². The van der Waals surface area contributed by atoms with Crippen molar-refractivity contribution >= 4 is 6.29 Å². The zero-order chi connectivity index (χ0) is 7.94. The lowest BCUT2D eigenvalue weighted by molar-refractivity contribution is -0.108. The van der Waals surface area contributed by atoms with Gasteiger partial charge in [-0.25, -0.2) is 0 Å². The Labute approximate surface area is 67.3 Å². The van der Waals surface area contributed by atoms with Crippen molar-refractivity contribution in [3.8, 4) is 0 Å². The van der Waals surface area contributed by atoms with Crippen molar-refractivity contribution in [1.29, 1.82) is 0 Å². The number of carbonyl (C=O) groups is 1. The van der Waals surface area contributed by atoms with Crippen molar-refractivity contribution in [1.82, 2.24) is 4.90 Å².